The average Bonchev–Trinajstić information content (AvgIpc) is 2.98. The summed E-state index contributed by atoms with van der Waals surface area (Å²) in [5, 5.41) is 20.9. The van der Waals surface area contributed by atoms with Crippen LogP contribution in [-0.2, 0) is 14.3 Å². The molecule has 8 nitrogen and oxygen atoms in total. The van der Waals surface area contributed by atoms with Crippen molar-refractivity contribution >= 4 is 17.4 Å². The molecule has 29 heavy (non-hydrogen) atoms. The van der Waals surface area contributed by atoms with Crippen LogP contribution in [0.4, 0.5) is 0 Å². The lowest BCUT2D eigenvalue weighted by Gasteiger charge is -2.25. The van der Waals surface area contributed by atoms with Crippen LogP contribution in [0.1, 0.15) is 24.1 Å². The Balaban J connectivity index is 2.17. The monoisotopic (exact) mass is 398 g/mol. The molecule has 1 aliphatic heterocycles. The van der Waals surface area contributed by atoms with E-state index in [9.17, 15) is 19.8 Å². The third kappa shape index (κ3) is 3.93. The Labute approximate surface area is 168 Å². The van der Waals surface area contributed by atoms with Crippen molar-refractivity contribution in [2.75, 3.05) is 26.9 Å². The quantitative estimate of drug-likeness (QED) is 0.418. The van der Waals surface area contributed by atoms with E-state index in [0.717, 1.165) is 0 Å². The number of nitrogens with zero attached hydrogens (tertiary/aromatic N) is 2. The molecule has 0 radical (unpaired) electrons. The van der Waals surface area contributed by atoms with Gasteiger partial charge in [-0.05, 0) is 36.8 Å². The number of phenols is 1. The van der Waals surface area contributed by atoms with Crippen molar-refractivity contribution in [1.82, 2.24) is 9.88 Å². The number of pyridine rings is 1. The Morgan fingerprint density at radius 3 is 2.59 bits per heavy atom. The van der Waals surface area contributed by atoms with Gasteiger partial charge in [-0.15, -0.1) is 0 Å². The van der Waals surface area contributed by atoms with E-state index in [0.29, 0.717) is 17.7 Å². The van der Waals surface area contributed by atoms with Gasteiger partial charge in [-0.3, -0.25) is 14.6 Å². The van der Waals surface area contributed by atoms with E-state index in [-0.39, 0.29) is 36.0 Å². The predicted octanol–water partition coefficient (Wildman–Crippen LogP) is 2.25. The van der Waals surface area contributed by atoms with E-state index in [2.05, 4.69) is 4.98 Å². The number of carbonyl (C=O) groups is 2. The molecule has 1 unspecified atom stereocenters. The SMILES string of the molecule is CCOc1cc(C2C(=C(O)c3ccncc3)C(=O)C(=O)N2CCOC)ccc1O. The number of hydrogen-bond acceptors (Lipinski definition) is 7. The van der Waals surface area contributed by atoms with Crippen molar-refractivity contribution in [3.05, 3.63) is 59.4 Å². The Morgan fingerprint density at radius 2 is 1.93 bits per heavy atom. The van der Waals surface area contributed by atoms with Crippen LogP contribution < -0.4 is 4.74 Å². The van der Waals surface area contributed by atoms with Crippen LogP contribution in [0.15, 0.2) is 48.3 Å². The summed E-state index contributed by atoms with van der Waals surface area (Å²) >= 11 is 0. The number of aliphatic hydroxyl groups excluding tert-OH is 1. The maximum Gasteiger partial charge on any atom is 0.295 e. The predicted molar refractivity (Wildman–Crippen MR) is 104 cm³/mol. The minimum Gasteiger partial charge on any atom is -0.507 e. The van der Waals surface area contributed by atoms with Gasteiger partial charge in [0.2, 0.25) is 0 Å². The van der Waals surface area contributed by atoms with E-state index in [1.165, 1.54) is 30.5 Å². The van der Waals surface area contributed by atoms with Gasteiger partial charge in [0.05, 0.1) is 24.8 Å². The smallest absolute Gasteiger partial charge is 0.295 e. The largest absolute Gasteiger partial charge is 0.507 e. The number of phenolic OH excluding ortho intramolecular Hbond substituents is 1. The lowest BCUT2D eigenvalue weighted by Crippen LogP contribution is -2.32. The first-order valence-electron chi connectivity index (χ1n) is 9.13. The molecule has 1 atom stereocenters. The molecule has 1 aromatic carbocycles. The minimum atomic E-state index is -0.849. The van der Waals surface area contributed by atoms with Crippen molar-refractivity contribution in [2.24, 2.45) is 0 Å². The van der Waals surface area contributed by atoms with E-state index in [4.69, 9.17) is 9.47 Å². The number of amides is 1. The van der Waals surface area contributed by atoms with Crippen molar-refractivity contribution in [3.63, 3.8) is 0 Å². The third-order valence-corrected chi connectivity index (χ3v) is 4.63. The van der Waals surface area contributed by atoms with Gasteiger partial charge in [-0.2, -0.15) is 0 Å². The summed E-state index contributed by atoms with van der Waals surface area (Å²) in [5.74, 6) is -1.63. The van der Waals surface area contributed by atoms with Crippen LogP contribution in [0.25, 0.3) is 5.76 Å². The van der Waals surface area contributed by atoms with Crippen molar-refractivity contribution in [2.45, 2.75) is 13.0 Å². The number of aromatic nitrogens is 1. The Kier molecular flexibility index (Phi) is 6.13. The molecule has 2 heterocycles. The van der Waals surface area contributed by atoms with Crippen molar-refractivity contribution in [3.8, 4) is 11.5 Å². The number of methoxy groups -OCH3 is 1. The number of aromatic hydroxyl groups is 1. The maximum atomic E-state index is 12.8. The van der Waals surface area contributed by atoms with Crippen LogP contribution in [-0.4, -0.2) is 58.7 Å². The molecule has 152 valence electrons. The minimum absolute atomic E-state index is 0.0366. The lowest BCUT2D eigenvalue weighted by molar-refractivity contribution is -0.140. The van der Waals surface area contributed by atoms with Gasteiger partial charge in [0.15, 0.2) is 11.5 Å². The summed E-state index contributed by atoms with van der Waals surface area (Å²) in [7, 11) is 1.50. The molecule has 2 N–H and O–H groups in total. The fourth-order valence-corrected chi connectivity index (χ4v) is 3.28. The molecule has 2 aromatic rings. The molecule has 0 saturated carbocycles. The number of Topliss-reactive ketones (excluding diaryl/α,β-unsaturated/α-hetero) is 1. The number of benzene rings is 1. The summed E-state index contributed by atoms with van der Waals surface area (Å²) in [6.45, 7) is 2.48. The van der Waals surface area contributed by atoms with Crippen LogP contribution in [0, 0.1) is 0 Å². The third-order valence-electron chi connectivity index (χ3n) is 4.63. The van der Waals surface area contributed by atoms with Crippen molar-refractivity contribution in [1.29, 1.82) is 0 Å². The maximum absolute atomic E-state index is 12.8. The zero-order valence-electron chi connectivity index (χ0n) is 16.2. The van der Waals surface area contributed by atoms with Crippen LogP contribution in [0.2, 0.25) is 0 Å². The normalized spacial score (nSPS) is 18.3. The number of hydrogen-bond donors (Lipinski definition) is 2. The number of rotatable bonds is 7. The summed E-state index contributed by atoms with van der Waals surface area (Å²) < 4.78 is 10.5. The second kappa shape index (κ2) is 8.74. The van der Waals surface area contributed by atoms with E-state index < -0.39 is 17.7 Å². The first-order valence-corrected chi connectivity index (χ1v) is 9.13. The Bertz CT molecular complexity index is 941. The molecule has 0 spiro atoms. The number of carbonyl (C=O) groups excluding carboxylic acids is 2. The zero-order valence-corrected chi connectivity index (χ0v) is 16.2. The highest BCUT2D eigenvalue weighted by Crippen LogP contribution is 2.41. The fraction of sp³-hybridized carbons (Fsp3) is 0.286. The summed E-state index contributed by atoms with van der Waals surface area (Å²) in [4.78, 5) is 30.8. The second-order valence-electron chi connectivity index (χ2n) is 6.38. The van der Waals surface area contributed by atoms with Gasteiger partial charge in [0, 0.05) is 31.6 Å². The van der Waals surface area contributed by atoms with Gasteiger partial charge in [-0.25, -0.2) is 0 Å². The zero-order chi connectivity index (χ0) is 21.0. The summed E-state index contributed by atoms with van der Waals surface area (Å²) in [6, 6.07) is 6.85. The van der Waals surface area contributed by atoms with Gasteiger partial charge in [0.1, 0.15) is 5.76 Å². The molecule has 1 aromatic heterocycles. The van der Waals surface area contributed by atoms with E-state index in [1.54, 1.807) is 31.2 Å². The standard InChI is InChI=1S/C21H22N2O6/c1-3-29-16-12-14(4-5-15(16)24)18-17(19(25)13-6-8-22-9-7-13)20(26)21(27)23(18)10-11-28-2/h4-9,12,18,24-25H,3,10-11H2,1-2H3. The molecule has 1 fully saturated rings. The Morgan fingerprint density at radius 1 is 1.21 bits per heavy atom. The average molecular weight is 398 g/mol. The molecule has 8 heteroatoms. The van der Waals surface area contributed by atoms with Gasteiger partial charge < -0.3 is 24.6 Å². The lowest BCUT2D eigenvalue weighted by atomic mass is 9.95. The Hall–Kier alpha value is -3.39. The molecule has 0 aliphatic carbocycles. The molecule has 3 rings (SSSR count). The fourth-order valence-electron chi connectivity index (χ4n) is 3.28. The molecule has 1 saturated heterocycles. The van der Waals surface area contributed by atoms with Crippen LogP contribution >= 0.6 is 0 Å². The number of aliphatic hydroxyl groups is 1. The number of ether oxygens (including phenoxy) is 2. The van der Waals surface area contributed by atoms with Crippen LogP contribution in [0.5, 0.6) is 11.5 Å². The summed E-state index contributed by atoms with van der Waals surface area (Å²) in [6.07, 6.45) is 2.97. The highest BCUT2D eigenvalue weighted by molar-refractivity contribution is 6.46. The number of likely N-dealkylation sites (tertiary alicyclic amines) is 1. The van der Waals surface area contributed by atoms with E-state index in [1.807, 2.05) is 0 Å². The molecular formula is C21H22N2O6. The van der Waals surface area contributed by atoms with Gasteiger partial charge in [0.25, 0.3) is 11.7 Å². The molecule has 1 amide bonds. The molecule has 0 bridgehead atoms. The molecular weight excluding hydrogens is 376 g/mol. The number of ketones is 1. The highest BCUT2D eigenvalue weighted by atomic mass is 16.5. The first-order chi connectivity index (χ1) is 14.0. The van der Waals surface area contributed by atoms with Gasteiger partial charge in [-0.1, -0.05) is 6.07 Å². The van der Waals surface area contributed by atoms with Crippen molar-refractivity contribution < 1.29 is 29.3 Å². The van der Waals surface area contributed by atoms with Crippen LogP contribution in [0.3, 0.4) is 0 Å². The topological polar surface area (TPSA) is 109 Å². The van der Waals surface area contributed by atoms with E-state index >= 15 is 0 Å². The van der Waals surface area contributed by atoms with Gasteiger partial charge >= 0.3 is 0 Å². The summed E-state index contributed by atoms with van der Waals surface area (Å²) in [5.41, 5.74) is 0.862. The first kappa shape index (κ1) is 20.3. The molecule has 1 aliphatic rings. The highest BCUT2D eigenvalue weighted by Gasteiger charge is 2.46. The second-order valence-corrected chi connectivity index (χ2v) is 6.38.